The molecule has 1 unspecified atom stereocenters. The zero-order valence-electron chi connectivity index (χ0n) is 12.3. The fourth-order valence-corrected chi connectivity index (χ4v) is 1.88. The predicted molar refractivity (Wildman–Crippen MR) is 84.1 cm³/mol. The molecule has 2 rings (SSSR count). The van der Waals surface area contributed by atoms with Crippen molar-refractivity contribution in [2.24, 2.45) is 0 Å². The Morgan fingerprint density at radius 1 is 1.24 bits per heavy atom. The lowest BCUT2D eigenvalue weighted by molar-refractivity contribution is -0.128. The Morgan fingerprint density at radius 3 is 2.62 bits per heavy atom. The number of carbonyl (C=O) groups excluding carboxylic acids is 1. The van der Waals surface area contributed by atoms with E-state index in [1.54, 1.807) is 12.3 Å². The molecule has 0 N–H and O–H groups in total. The number of aromatic nitrogens is 1. The van der Waals surface area contributed by atoms with Crippen LogP contribution in [-0.2, 0) is 4.79 Å². The van der Waals surface area contributed by atoms with E-state index in [9.17, 15) is 4.79 Å². The zero-order valence-corrected chi connectivity index (χ0v) is 12.3. The molecule has 0 radical (unpaired) electrons. The number of esters is 1. The van der Waals surface area contributed by atoms with E-state index in [1.807, 2.05) is 42.5 Å². The highest BCUT2D eigenvalue weighted by Gasteiger charge is 2.04. The van der Waals surface area contributed by atoms with Gasteiger partial charge in [0, 0.05) is 12.3 Å². The van der Waals surface area contributed by atoms with Crippen LogP contribution in [0.3, 0.4) is 0 Å². The third kappa shape index (κ3) is 4.56. The highest BCUT2D eigenvalue weighted by Crippen LogP contribution is 2.21. The van der Waals surface area contributed by atoms with E-state index in [0.717, 1.165) is 12.1 Å². The van der Waals surface area contributed by atoms with Crippen molar-refractivity contribution in [3.8, 4) is 5.75 Å². The molecule has 1 atom stereocenters. The minimum Gasteiger partial charge on any atom is -0.423 e. The Hall–Kier alpha value is -2.42. The first-order chi connectivity index (χ1) is 10.2. The minimum atomic E-state index is -0.406. The second-order valence-electron chi connectivity index (χ2n) is 4.89. The molecule has 2 aromatic rings. The van der Waals surface area contributed by atoms with Gasteiger partial charge in [0.1, 0.15) is 5.75 Å². The van der Waals surface area contributed by atoms with Gasteiger partial charge in [0.2, 0.25) is 0 Å². The van der Waals surface area contributed by atoms with Gasteiger partial charge in [-0.25, -0.2) is 4.79 Å². The third-order valence-corrected chi connectivity index (χ3v) is 3.36. The predicted octanol–water partition coefficient (Wildman–Crippen LogP) is 4.21. The highest BCUT2D eigenvalue weighted by molar-refractivity contribution is 5.88. The SMILES string of the molecule is CCC(C)c1ccc(OC(=O)/C=C/c2ccccn2)cc1. The molecule has 0 bridgehead atoms. The van der Waals surface area contributed by atoms with Crippen LogP contribution in [0, 0.1) is 0 Å². The van der Waals surface area contributed by atoms with Crippen molar-refractivity contribution in [2.45, 2.75) is 26.2 Å². The molecule has 1 heterocycles. The highest BCUT2D eigenvalue weighted by atomic mass is 16.5. The van der Waals surface area contributed by atoms with Gasteiger partial charge in [-0.05, 0) is 48.2 Å². The van der Waals surface area contributed by atoms with Crippen molar-refractivity contribution in [2.75, 3.05) is 0 Å². The van der Waals surface area contributed by atoms with E-state index in [0.29, 0.717) is 11.7 Å². The molecule has 1 aromatic heterocycles. The van der Waals surface area contributed by atoms with Crippen molar-refractivity contribution in [3.05, 3.63) is 66.0 Å². The lowest BCUT2D eigenvalue weighted by Crippen LogP contribution is -2.04. The quantitative estimate of drug-likeness (QED) is 0.468. The van der Waals surface area contributed by atoms with Gasteiger partial charge in [0.05, 0.1) is 5.69 Å². The molecule has 0 aliphatic heterocycles. The summed E-state index contributed by atoms with van der Waals surface area (Å²) in [5, 5.41) is 0. The average Bonchev–Trinajstić information content (AvgIpc) is 2.54. The molecule has 0 aliphatic carbocycles. The second kappa shape index (κ2) is 7.39. The maximum atomic E-state index is 11.7. The molecular weight excluding hydrogens is 262 g/mol. The van der Waals surface area contributed by atoms with Crippen LogP contribution in [-0.4, -0.2) is 11.0 Å². The van der Waals surface area contributed by atoms with Gasteiger partial charge in [0.15, 0.2) is 0 Å². The summed E-state index contributed by atoms with van der Waals surface area (Å²) in [5.41, 5.74) is 1.97. The lowest BCUT2D eigenvalue weighted by atomic mass is 9.99. The van der Waals surface area contributed by atoms with Crippen LogP contribution in [0.15, 0.2) is 54.7 Å². The normalized spacial score (nSPS) is 12.3. The van der Waals surface area contributed by atoms with Gasteiger partial charge in [-0.1, -0.05) is 32.0 Å². The monoisotopic (exact) mass is 281 g/mol. The Kier molecular flexibility index (Phi) is 5.27. The maximum Gasteiger partial charge on any atom is 0.336 e. The van der Waals surface area contributed by atoms with Crippen molar-refractivity contribution in [1.82, 2.24) is 4.98 Å². The number of benzene rings is 1. The smallest absolute Gasteiger partial charge is 0.336 e. The molecule has 0 saturated carbocycles. The van der Waals surface area contributed by atoms with Gasteiger partial charge in [-0.3, -0.25) is 4.98 Å². The topological polar surface area (TPSA) is 39.2 Å². The van der Waals surface area contributed by atoms with E-state index in [4.69, 9.17) is 4.74 Å². The fraction of sp³-hybridized carbons (Fsp3) is 0.222. The van der Waals surface area contributed by atoms with Crippen molar-refractivity contribution in [3.63, 3.8) is 0 Å². The van der Waals surface area contributed by atoms with Crippen molar-refractivity contribution in [1.29, 1.82) is 0 Å². The number of rotatable bonds is 5. The minimum absolute atomic E-state index is 0.406. The largest absolute Gasteiger partial charge is 0.423 e. The van der Waals surface area contributed by atoms with E-state index in [-0.39, 0.29) is 0 Å². The molecule has 0 fully saturated rings. The fourth-order valence-electron chi connectivity index (χ4n) is 1.88. The van der Waals surface area contributed by atoms with E-state index in [2.05, 4.69) is 18.8 Å². The molecule has 108 valence electrons. The Labute approximate surface area is 125 Å². The maximum absolute atomic E-state index is 11.7. The molecule has 0 saturated heterocycles. The van der Waals surface area contributed by atoms with Crippen LogP contribution < -0.4 is 4.74 Å². The van der Waals surface area contributed by atoms with Gasteiger partial charge >= 0.3 is 5.97 Å². The standard InChI is InChI=1S/C18H19NO2/c1-3-14(2)15-7-10-17(11-8-15)21-18(20)12-9-16-6-4-5-13-19-16/h4-14H,3H2,1-2H3/b12-9+. The third-order valence-electron chi connectivity index (χ3n) is 3.36. The average molecular weight is 281 g/mol. The number of carbonyl (C=O) groups is 1. The summed E-state index contributed by atoms with van der Waals surface area (Å²) in [4.78, 5) is 15.8. The van der Waals surface area contributed by atoms with Crippen LogP contribution >= 0.6 is 0 Å². The summed E-state index contributed by atoms with van der Waals surface area (Å²) < 4.78 is 5.25. The van der Waals surface area contributed by atoms with Gasteiger partial charge in [-0.2, -0.15) is 0 Å². The van der Waals surface area contributed by atoms with Crippen LogP contribution in [0.4, 0.5) is 0 Å². The number of hydrogen-bond donors (Lipinski definition) is 0. The summed E-state index contributed by atoms with van der Waals surface area (Å²) in [5.74, 6) is 0.661. The molecule has 21 heavy (non-hydrogen) atoms. The number of nitrogens with zero attached hydrogens (tertiary/aromatic N) is 1. The first kappa shape index (κ1) is 15.0. The number of hydrogen-bond acceptors (Lipinski definition) is 3. The Balaban J connectivity index is 1.95. The molecular formula is C18H19NO2. The first-order valence-electron chi connectivity index (χ1n) is 7.10. The lowest BCUT2D eigenvalue weighted by Gasteiger charge is -2.09. The molecule has 3 nitrogen and oxygen atoms in total. The van der Waals surface area contributed by atoms with Crippen LogP contribution in [0.2, 0.25) is 0 Å². The summed E-state index contributed by atoms with van der Waals surface area (Å²) in [6.07, 6.45) is 5.78. The van der Waals surface area contributed by atoms with E-state index in [1.165, 1.54) is 11.6 Å². The van der Waals surface area contributed by atoms with Crippen LogP contribution in [0.1, 0.15) is 37.4 Å². The van der Waals surface area contributed by atoms with Gasteiger partial charge in [-0.15, -0.1) is 0 Å². The molecule has 0 aliphatic rings. The van der Waals surface area contributed by atoms with Crippen molar-refractivity contribution >= 4 is 12.0 Å². The Bertz CT molecular complexity index is 603. The summed E-state index contributed by atoms with van der Waals surface area (Å²) in [6.45, 7) is 4.33. The number of ether oxygens (including phenoxy) is 1. The van der Waals surface area contributed by atoms with E-state index >= 15 is 0 Å². The summed E-state index contributed by atoms with van der Waals surface area (Å²) in [7, 11) is 0. The Morgan fingerprint density at radius 2 is 2.00 bits per heavy atom. The van der Waals surface area contributed by atoms with Gasteiger partial charge in [0.25, 0.3) is 0 Å². The number of pyridine rings is 1. The molecule has 0 amide bonds. The van der Waals surface area contributed by atoms with Crippen LogP contribution in [0.5, 0.6) is 5.75 Å². The zero-order chi connectivity index (χ0) is 15.1. The summed E-state index contributed by atoms with van der Waals surface area (Å²) >= 11 is 0. The van der Waals surface area contributed by atoms with Crippen molar-refractivity contribution < 1.29 is 9.53 Å². The molecule has 1 aromatic carbocycles. The van der Waals surface area contributed by atoms with Gasteiger partial charge < -0.3 is 4.74 Å². The second-order valence-corrected chi connectivity index (χ2v) is 4.89. The van der Waals surface area contributed by atoms with Crippen LogP contribution in [0.25, 0.3) is 6.08 Å². The molecule has 3 heteroatoms. The molecule has 0 spiro atoms. The van der Waals surface area contributed by atoms with E-state index < -0.39 is 5.97 Å². The summed E-state index contributed by atoms with van der Waals surface area (Å²) in [6, 6.07) is 13.2. The first-order valence-corrected chi connectivity index (χ1v) is 7.10.